The van der Waals surface area contributed by atoms with Crippen LogP contribution in [0.1, 0.15) is 168 Å². The predicted octanol–water partition coefficient (Wildman–Crippen LogP) is 5.33. The molecule has 1 fully saturated rings. The Bertz CT molecular complexity index is 846. The van der Waals surface area contributed by atoms with E-state index in [-0.39, 0.29) is 12.8 Å². The van der Waals surface area contributed by atoms with Gasteiger partial charge in [-0.1, -0.05) is 142 Å². The Balaban J connectivity index is 2.56. The first kappa shape index (κ1) is 47.9. The fourth-order valence-electron chi connectivity index (χ4n) is 6.56. The Hall–Kier alpha value is -1.15. The predicted molar refractivity (Wildman–Crippen MR) is 201 cm³/mol. The van der Waals surface area contributed by atoms with Gasteiger partial charge in [0, 0.05) is 0 Å². The minimum Gasteiger partial charge on any atom is -0.394 e. The molecule has 0 aromatic heterocycles. The molecule has 11 heteroatoms. The molecule has 302 valence electrons. The maximum atomic E-state index is 13.0. The lowest BCUT2D eigenvalue weighted by Gasteiger charge is -2.40. The average molecular weight is 732 g/mol. The van der Waals surface area contributed by atoms with Crippen LogP contribution < -0.4 is 5.32 Å². The van der Waals surface area contributed by atoms with Gasteiger partial charge in [0.2, 0.25) is 5.91 Å². The van der Waals surface area contributed by atoms with E-state index in [0.29, 0.717) is 12.8 Å². The SMILES string of the molecule is CCCCCCCCC/C=C\CCC[C@@H](O)[C@@H](O)[C@H](CO[C@@H]1O[C@H](CO)[C@@H](O)[C@H](O)[C@H]1O)NC(=O)[C@H](O)CCCCCCCCCCCCCC. The van der Waals surface area contributed by atoms with Gasteiger partial charge in [-0.3, -0.25) is 4.79 Å². The molecule has 1 heterocycles. The number of nitrogens with one attached hydrogen (secondary N) is 1. The van der Waals surface area contributed by atoms with Crippen LogP contribution in [-0.2, 0) is 14.3 Å². The van der Waals surface area contributed by atoms with E-state index in [0.717, 1.165) is 38.5 Å². The third-order valence-electron chi connectivity index (χ3n) is 10.1. The van der Waals surface area contributed by atoms with Crippen LogP contribution in [0.25, 0.3) is 0 Å². The van der Waals surface area contributed by atoms with Gasteiger partial charge in [0.05, 0.1) is 25.4 Å². The molecule has 0 unspecified atom stereocenters. The highest BCUT2D eigenvalue weighted by Crippen LogP contribution is 2.23. The van der Waals surface area contributed by atoms with Gasteiger partial charge >= 0.3 is 0 Å². The Kier molecular flexibility index (Phi) is 29.3. The number of ether oxygens (including phenoxy) is 2. The summed E-state index contributed by atoms with van der Waals surface area (Å²) < 4.78 is 11.0. The van der Waals surface area contributed by atoms with E-state index in [1.54, 1.807) is 0 Å². The summed E-state index contributed by atoms with van der Waals surface area (Å²) in [6.07, 6.45) is 18.4. The van der Waals surface area contributed by atoms with Gasteiger partial charge in [0.25, 0.3) is 0 Å². The van der Waals surface area contributed by atoms with Crippen LogP contribution >= 0.6 is 0 Å². The second-order valence-electron chi connectivity index (χ2n) is 14.7. The molecule has 0 aliphatic carbocycles. The van der Waals surface area contributed by atoms with E-state index in [1.165, 1.54) is 89.9 Å². The summed E-state index contributed by atoms with van der Waals surface area (Å²) in [6.45, 7) is 3.38. The maximum Gasteiger partial charge on any atom is 0.249 e. The molecule has 1 rings (SSSR count). The molecule has 0 bridgehead atoms. The van der Waals surface area contributed by atoms with Crippen molar-refractivity contribution in [1.82, 2.24) is 5.32 Å². The zero-order valence-corrected chi connectivity index (χ0v) is 32.1. The molecule has 11 nitrogen and oxygen atoms in total. The zero-order valence-electron chi connectivity index (χ0n) is 32.1. The summed E-state index contributed by atoms with van der Waals surface area (Å²) >= 11 is 0. The maximum absolute atomic E-state index is 13.0. The topological polar surface area (TPSA) is 189 Å². The standard InChI is InChI=1S/C40H77NO10/c1-3-5-7-9-11-13-15-17-19-21-23-25-27-32(43)35(45)31(30-50-40-38(48)37(47)36(46)34(29-42)51-40)41-39(49)33(44)28-26-24-22-20-18-16-14-12-10-8-6-4-2/h19,21,31-38,40,42-48H,3-18,20,22-30H2,1-2H3,(H,41,49)/b21-19-/t31-,32+,33+,34+,35-,36+,37-,38+,40+/m0/s1. The van der Waals surface area contributed by atoms with Crippen LogP contribution in [0.4, 0.5) is 0 Å². The lowest BCUT2D eigenvalue weighted by Crippen LogP contribution is -2.60. The monoisotopic (exact) mass is 732 g/mol. The number of carbonyl (C=O) groups excluding carboxylic acids is 1. The van der Waals surface area contributed by atoms with Gasteiger partial charge in [0.1, 0.15) is 36.6 Å². The quantitative estimate of drug-likeness (QED) is 0.0324. The molecule has 0 spiro atoms. The van der Waals surface area contributed by atoms with Crippen LogP contribution in [0.3, 0.4) is 0 Å². The normalized spacial score (nSPS) is 23.4. The van der Waals surface area contributed by atoms with Crippen LogP contribution in [0.15, 0.2) is 12.2 Å². The Labute approximate surface area is 309 Å². The van der Waals surface area contributed by atoms with E-state index in [4.69, 9.17) is 9.47 Å². The highest BCUT2D eigenvalue weighted by atomic mass is 16.7. The van der Waals surface area contributed by atoms with Crippen molar-refractivity contribution in [3.05, 3.63) is 12.2 Å². The molecule has 0 aromatic rings. The van der Waals surface area contributed by atoms with E-state index < -0.39 is 74.2 Å². The number of aliphatic hydroxyl groups is 7. The third-order valence-corrected chi connectivity index (χ3v) is 10.1. The van der Waals surface area contributed by atoms with Crippen LogP contribution in [0.5, 0.6) is 0 Å². The molecule has 1 saturated heterocycles. The highest BCUT2D eigenvalue weighted by molar-refractivity contribution is 5.80. The van der Waals surface area contributed by atoms with E-state index in [1.807, 2.05) is 0 Å². The number of hydrogen-bond acceptors (Lipinski definition) is 10. The fourth-order valence-corrected chi connectivity index (χ4v) is 6.56. The summed E-state index contributed by atoms with van der Waals surface area (Å²) in [4.78, 5) is 13.0. The van der Waals surface area contributed by atoms with Crippen LogP contribution in [0.2, 0.25) is 0 Å². The summed E-state index contributed by atoms with van der Waals surface area (Å²) in [5, 5.41) is 75.2. The van der Waals surface area contributed by atoms with Gasteiger partial charge in [-0.05, 0) is 38.5 Å². The summed E-state index contributed by atoms with van der Waals surface area (Å²) in [5.41, 5.74) is 0. The van der Waals surface area contributed by atoms with Crippen molar-refractivity contribution in [2.45, 2.75) is 223 Å². The van der Waals surface area contributed by atoms with Crippen molar-refractivity contribution in [2.75, 3.05) is 13.2 Å². The van der Waals surface area contributed by atoms with Gasteiger partial charge < -0.3 is 50.5 Å². The molecule has 8 N–H and O–H groups in total. The summed E-state index contributed by atoms with van der Waals surface area (Å²) in [7, 11) is 0. The third kappa shape index (κ3) is 22.0. The smallest absolute Gasteiger partial charge is 0.249 e. The van der Waals surface area contributed by atoms with Crippen molar-refractivity contribution >= 4 is 5.91 Å². The number of unbranched alkanes of at least 4 members (excludes halogenated alkanes) is 19. The van der Waals surface area contributed by atoms with Crippen molar-refractivity contribution < 1.29 is 50.0 Å². The number of amides is 1. The van der Waals surface area contributed by atoms with Crippen molar-refractivity contribution in [1.29, 1.82) is 0 Å². The highest BCUT2D eigenvalue weighted by Gasteiger charge is 2.44. The molecule has 1 aliphatic heterocycles. The van der Waals surface area contributed by atoms with Crippen molar-refractivity contribution in [3.63, 3.8) is 0 Å². The Morgan fingerprint density at radius 3 is 1.69 bits per heavy atom. The molecular formula is C40H77NO10. The van der Waals surface area contributed by atoms with Gasteiger partial charge in [-0.15, -0.1) is 0 Å². The average Bonchev–Trinajstić information content (AvgIpc) is 3.13. The van der Waals surface area contributed by atoms with E-state index in [2.05, 4.69) is 31.3 Å². The first-order valence-electron chi connectivity index (χ1n) is 20.6. The Morgan fingerprint density at radius 2 is 1.16 bits per heavy atom. The van der Waals surface area contributed by atoms with Crippen molar-refractivity contribution in [3.8, 4) is 0 Å². The molecule has 0 saturated carbocycles. The first-order chi connectivity index (χ1) is 24.7. The summed E-state index contributed by atoms with van der Waals surface area (Å²) in [6, 6.07) is -1.18. The van der Waals surface area contributed by atoms with E-state index >= 15 is 0 Å². The Morgan fingerprint density at radius 1 is 0.667 bits per heavy atom. The molecule has 51 heavy (non-hydrogen) atoms. The van der Waals surface area contributed by atoms with Gasteiger partial charge in [0.15, 0.2) is 6.29 Å². The molecule has 0 aromatic carbocycles. The fraction of sp³-hybridized carbons (Fsp3) is 0.925. The van der Waals surface area contributed by atoms with Crippen LogP contribution in [-0.4, -0.2) is 110 Å². The lowest BCUT2D eigenvalue weighted by molar-refractivity contribution is -0.303. The lowest BCUT2D eigenvalue weighted by atomic mass is 9.98. The van der Waals surface area contributed by atoms with E-state index in [9.17, 15) is 40.5 Å². The van der Waals surface area contributed by atoms with Crippen LogP contribution in [0, 0.1) is 0 Å². The van der Waals surface area contributed by atoms with Crippen molar-refractivity contribution in [2.24, 2.45) is 0 Å². The number of allylic oxidation sites excluding steroid dienone is 2. The van der Waals surface area contributed by atoms with Gasteiger partial charge in [-0.25, -0.2) is 0 Å². The molecule has 1 aliphatic rings. The number of rotatable bonds is 33. The number of aliphatic hydroxyl groups excluding tert-OH is 7. The molecular weight excluding hydrogens is 654 g/mol. The zero-order chi connectivity index (χ0) is 37.7. The number of hydrogen-bond donors (Lipinski definition) is 8. The molecule has 1 amide bonds. The minimum atomic E-state index is -1.66. The second-order valence-corrected chi connectivity index (χ2v) is 14.7. The number of carbonyl (C=O) groups is 1. The van der Waals surface area contributed by atoms with Gasteiger partial charge in [-0.2, -0.15) is 0 Å². The summed E-state index contributed by atoms with van der Waals surface area (Å²) in [5.74, 6) is -0.708. The largest absolute Gasteiger partial charge is 0.394 e. The minimum absolute atomic E-state index is 0.257. The first-order valence-corrected chi connectivity index (χ1v) is 20.6. The second kappa shape index (κ2) is 31.2. The molecule has 9 atom stereocenters. The molecule has 0 radical (unpaired) electrons.